The number of ether oxygens (including phenoxy) is 1. The van der Waals surface area contributed by atoms with Crippen LogP contribution in [0.5, 0.6) is 0 Å². The summed E-state index contributed by atoms with van der Waals surface area (Å²) in [7, 11) is 1.46. The van der Waals surface area contributed by atoms with E-state index in [0.29, 0.717) is 5.82 Å². The van der Waals surface area contributed by atoms with Gasteiger partial charge in [-0.15, -0.1) is 0 Å². The van der Waals surface area contributed by atoms with Crippen molar-refractivity contribution in [2.45, 2.75) is 31.6 Å². The van der Waals surface area contributed by atoms with E-state index < -0.39 is 0 Å². The number of H-pyrrole nitrogens is 1. The Morgan fingerprint density at radius 2 is 2.03 bits per heavy atom. The predicted octanol–water partition coefficient (Wildman–Crippen LogP) is 3.91. The molecule has 5 rings (SSSR count). The van der Waals surface area contributed by atoms with Crippen molar-refractivity contribution in [3.63, 3.8) is 0 Å². The summed E-state index contributed by atoms with van der Waals surface area (Å²) in [6.07, 6.45) is 7.05. The van der Waals surface area contributed by atoms with Gasteiger partial charge in [0.25, 0.3) is 0 Å². The van der Waals surface area contributed by atoms with E-state index in [1.54, 1.807) is 6.20 Å². The Morgan fingerprint density at radius 3 is 2.79 bits per heavy atom. The van der Waals surface area contributed by atoms with Crippen LogP contribution in [0.1, 0.15) is 37.4 Å². The summed E-state index contributed by atoms with van der Waals surface area (Å²) in [4.78, 5) is 24.6. The summed E-state index contributed by atoms with van der Waals surface area (Å²) in [5.41, 5.74) is 9.89. The Balaban J connectivity index is 1.57. The van der Waals surface area contributed by atoms with E-state index in [1.165, 1.54) is 7.11 Å². The van der Waals surface area contributed by atoms with Gasteiger partial charge < -0.3 is 15.5 Å². The Bertz CT molecular complexity index is 1170. The first-order valence-electron chi connectivity index (χ1n) is 9.94. The number of para-hydroxylation sites is 1. The molecule has 1 saturated carbocycles. The van der Waals surface area contributed by atoms with Gasteiger partial charge in [-0.05, 0) is 37.8 Å². The highest BCUT2D eigenvalue weighted by Crippen LogP contribution is 2.39. The standard InChI is InChI=1S/C22H23N5O2/c1-29-22(28)14-8-6-13(7-9-14)21-26-18(19-20(23)24-10-11-27(19)21)17-12-15-4-2-3-5-16(15)25-17/h2-5,10-14,25H,6-9H2,1H3,(H2,23,24). The summed E-state index contributed by atoms with van der Waals surface area (Å²) in [6.45, 7) is 0. The van der Waals surface area contributed by atoms with Crippen LogP contribution >= 0.6 is 0 Å². The number of anilines is 1. The molecule has 0 amide bonds. The number of hydrogen-bond donors (Lipinski definition) is 2. The first-order valence-corrected chi connectivity index (χ1v) is 9.94. The Kier molecular flexibility index (Phi) is 4.23. The lowest BCUT2D eigenvalue weighted by molar-refractivity contribution is -0.146. The third-order valence-corrected chi connectivity index (χ3v) is 6.02. The number of hydrogen-bond acceptors (Lipinski definition) is 5. The van der Waals surface area contributed by atoms with Crippen LogP contribution in [0.15, 0.2) is 42.7 Å². The average Bonchev–Trinajstić information content (AvgIpc) is 3.35. The van der Waals surface area contributed by atoms with Crippen LogP contribution in [0.2, 0.25) is 0 Å². The number of carbonyl (C=O) groups is 1. The molecule has 0 atom stereocenters. The molecule has 3 aromatic heterocycles. The highest BCUT2D eigenvalue weighted by atomic mass is 16.5. The van der Waals surface area contributed by atoms with Gasteiger partial charge >= 0.3 is 5.97 Å². The quantitative estimate of drug-likeness (QED) is 0.518. The number of methoxy groups -OCH3 is 1. The van der Waals surface area contributed by atoms with Crippen LogP contribution in [0.3, 0.4) is 0 Å². The smallest absolute Gasteiger partial charge is 0.308 e. The molecule has 1 aromatic carbocycles. The molecular weight excluding hydrogens is 366 g/mol. The minimum absolute atomic E-state index is 0.0117. The van der Waals surface area contributed by atoms with E-state index in [-0.39, 0.29) is 17.8 Å². The fraction of sp³-hybridized carbons (Fsp3) is 0.318. The molecule has 29 heavy (non-hydrogen) atoms. The van der Waals surface area contributed by atoms with Crippen LogP contribution in [0.25, 0.3) is 27.8 Å². The molecule has 1 aliphatic rings. The largest absolute Gasteiger partial charge is 0.469 e. The zero-order valence-corrected chi connectivity index (χ0v) is 16.3. The fourth-order valence-corrected chi connectivity index (χ4v) is 4.52. The second-order valence-corrected chi connectivity index (χ2v) is 7.69. The molecule has 0 unspecified atom stereocenters. The molecule has 148 valence electrons. The van der Waals surface area contributed by atoms with Crippen molar-refractivity contribution in [3.8, 4) is 11.4 Å². The molecule has 7 nitrogen and oxygen atoms in total. The fourth-order valence-electron chi connectivity index (χ4n) is 4.52. The van der Waals surface area contributed by atoms with E-state index in [1.807, 2.05) is 24.4 Å². The first-order chi connectivity index (χ1) is 14.2. The van der Waals surface area contributed by atoms with Gasteiger partial charge in [0.1, 0.15) is 22.9 Å². The van der Waals surface area contributed by atoms with Crippen LogP contribution in [0.4, 0.5) is 5.82 Å². The molecule has 0 radical (unpaired) electrons. The summed E-state index contributed by atoms with van der Waals surface area (Å²) in [5, 5.41) is 1.13. The van der Waals surface area contributed by atoms with E-state index in [2.05, 4.69) is 26.5 Å². The van der Waals surface area contributed by atoms with Crippen LogP contribution in [-0.4, -0.2) is 32.4 Å². The van der Waals surface area contributed by atoms with Crippen molar-refractivity contribution < 1.29 is 9.53 Å². The number of esters is 1. The van der Waals surface area contributed by atoms with Gasteiger partial charge in [-0.2, -0.15) is 0 Å². The molecule has 7 heteroatoms. The molecule has 3 N–H and O–H groups in total. The van der Waals surface area contributed by atoms with Gasteiger partial charge in [-0.25, -0.2) is 9.97 Å². The summed E-state index contributed by atoms with van der Waals surface area (Å²) in [6, 6.07) is 10.3. The highest BCUT2D eigenvalue weighted by Gasteiger charge is 2.31. The number of nitrogens with zero attached hydrogens (tertiary/aromatic N) is 3. The van der Waals surface area contributed by atoms with Crippen molar-refractivity contribution in [2.24, 2.45) is 5.92 Å². The molecule has 0 bridgehead atoms. The van der Waals surface area contributed by atoms with Gasteiger partial charge in [0, 0.05) is 29.2 Å². The second kappa shape index (κ2) is 6.92. The molecular formula is C22H23N5O2. The van der Waals surface area contributed by atoms with Gasteiger partial charge in [0.15, 0.2) is 0 Å². The number of rotatable bonds is 3. The summed E-state index contributed by atoms with van der Waals surface area (Å²) in [5.74, 6) is 1.59. The number of carbonyl (C=O) groups excluding carboxylic acids is 1. The maximum absolute atomic E-state index is 11.9. The lowest BCUT2D eigenvalue weighted by atomic mass is 9.81. The van der Waals surface area contributed by atoms with Crippen LogP contribution in [-0.2, 0) is 9.53 Å². The molecule has 1 aliphatic carbocycles. The second-order valence-electron chi connectivity index (χ2n) is 7.69. The van der Waals surface area contributed by atoms with Crippen LogP contribution < -0.4 is 5.73 Å². The zero-order chi connectivity index (χ0) is 20.0. The Hall–Kier alpha value is -3.35. The molecule has 0 spiro atoms. The monoisotopic (exact) mass is 389 g/mol. The number of benzene rings is 1. The van der Waals surface area contributed by atoms with Crippen molar-refractivity contribution in [2.75, 3.05) is 12.8 Å². The van der Waals surface area contributed by atoms with E-state index >= 15 is 0 Å². The minimum Gasteiger partial charge on any atom is -0.469 e. The minimum atomic E-state index is -0.108. The van der Waals surface area contributed by atoms with Crippen LogP contribution in [0, 0.1) is 5.92 Å². The number of nitrogens with two attached hydrogens (primary N) is 1. The molecule has 0 aliphatic heterocycles. The highest BCUT2D eigenvalue weighted by molar-refractivity contribution is 5.91. The molecule has 1 fully saturated rings. The van der Waals surface area contributed by atoms with E-state index in [9.17, 15) is 4.79 Å². The summed E-state index contributed by atoms with van der Waals surface area (Å²) >= 11 is 0. The van der Waals surface area contributed by atoms with E-state index in [0.717, 1.165) is 59.3 Å². The number of aromatic amines is 1. The molecule has 3 heterocycles. The van der Waals surface area contributed by atoms with Crippen molar-refractivity contribution in [3.05, 3.63) is 48.5 Å². The SMILES string of the molecule is COC(=O)C1CCC(c2nc(-c3cc4ccccc4[nH]3)c3c(N)nccn23)CC1. The number of nitrogens with one attached hydrogen (secondary N) is 1. The summed E-state index contributed by atoms with van der Waals surface area (Å²) < 4.78 is 6.98. The normalized spacial score (nSPS) is 19.6. The van der Waals surface area contributed by atoms with Gasteiger partial charge in [-0.1, -0.05) is 18.2 Å². The lowest BCUT2D eigenvalue weighted by Crippen LogP contribution is -2.23. The average molecular weight is 389 g/mol. The number of imidazole rings is 1. The maximum Gasteiger partial charge on any atom is 0.308 e. The zero-order valence-electron chi connectivity index (χ0n) is 16.3. The van der Waals surface area contributed by atoms with Gasteiger partial charge in [-0.3, -0.25) is 9.20 Å². The van der Waals surface area contributed by atoms with Crippen molar-refractivity contribution in [1.29, 1.82) is 0 Å². The third kappa shape index (κ3) is 2.93. The third-order valence-electron chi connectivity index (χ3n) is 6.02. The Labute approximate surface area is 167 Å². The molecule has 4 aromatic rings. The molecule has 0 saturated heterocycles. The topological polar surface area (TPSA) is 98.3 Å². The predicted molar refractivity (Wildman–Crippen MR) is 111 cm³/mol. The van der Waals surface area contributed by atoms with Crippen molar-refractivity contribution >= 4 is 28.2 Å². The number of nitrogen functional groups attached to an aromatic ring is 1. The number of fused-ring (bicyclic) bond motifs is 2. The van der Waals surface area contributed by atoms with Gasteiger partial charge in [0.05, 0.1) is 18.7 Å². The Morgan fingerprint density at radius 1 is 1.24 bits per heavy atom. The first kappa shape index (κ1) is 17.7. The lowest BCUT2D eigenvalue weighted by Gasteiger charge is -2.26. The number of aromatic nitrogens is 4. The van der Waals surface area contributed by atoms with Gasteiger partial charge in [0.2, 0.25) is 0 Å². The van der Waals surface area contributed by atoms with Crippen molar-refractivity contribution in [1.82, 2.24) is 19.4 Å². The maximum atomic E-state index is 11.9. The van der Waals surface area contributed by atoms with E-state index in [4.69, 9.17) is 15.5 Å².